The van der Waals surface area contributed by atoms with Crippen LogP contribution in [0, 0.1) is 6.92 Å². The first-order chi connectivity index (χ1) is 13.6. The van der Waals surface area contributed by atoms with Crippen molar-refractivity contribution >= 4 is 34.8 Å². The third-order valence-electron chi connectivity index (χ3n) is 3.99. The van der Waals surface area contributed by atoms with Gasteiger partial charge in [0.25, 0.3) is 5.91 Å². The number of nitrogens with zero attached hydrogens (tertiary/aromatic N) is 2. The van der Waals surface area contributed by atoms with E-state index in [1.54, 1.807) is 43.3 Å². The maximum Gasteiger partial charge on any atom is 0.274 e. The summed E-state index contributed by atoms with van der Waals surface area (Å²) in [5, 5.41) is 6.53. The molecule has 7 nitrogen and oxygen atoms in total. The molecule has 0 aliphatic carbocycles. The van der Waals surface area contributed by atoms with Crippen molar-refractivity contribution in [3.05, 3.63) is 64.9 Å². The number of halogens is 1. The van der Waals surface area contributed by atoms with Crippen molar-refractivity contribution < 1.29 is 14.3 Å². The lowest BCUT2D eigenvalue weighted by atomic mass is 10.2. The molecule has 2 N–H and O–H groups in total. The molecular formula is C20H17ClN4O3. The molecule has 142 valence electrons. The van der Waals surface area contributed by atoms with Crippen LogP contribution in [0.25, 0.3) is 0 Å². The summed E-state index contributed by atoms with van der Waals surface area (Å²) in [5.74, 6) is 1.25. The monoisotopic (exact) mass is 396 g/mol. The number of fused-ring (bicyclic) bond motifs is 1. The molecule has 1 aromatic heterocycles. The number of benzene rings is 2. The van der Waals surface area contributed by atoms with E-state index in [1.165, 1.54) is 0 Å². The zero-order valence-electron chi connectivity index (χ0n) is 15.0. The molecule has 2 heterocycles. The van der Waals surface area contributed by atoms with Crippen molar-refractivity contribution in [3.8, 4) is 11.5 Å². The zero-order valence-corrected chi connectivity index (χ0v) is 15.8. The van der Waals surface area contributed by atoms with Crippen LogP contribution < -0.4 is 20.1 Å². The fourth-order valence-electron chi connectivity index (χ4n) is 2.72. The summed E-state index contributed by atoms with van der Waals surface area (Å²) < 4.78 is 11.0. The number of hydrogen-bond donors (Lipinski definition) is 2. The Kier molecular flexibility index (Phi) is 4.99. The molecule has 0 radical (unpaired) electrons. The normalized spacial score (nSPS) is 12.4. The van der Waals surface area contributed by atoms with Crippen molar-refractivity contribution in [2.75, 3.05) is 23.8 Å². The van der Waals surface area contributed by atoms with Gasteiger partial charge in [-0.15, -0.1) is 0 Å². The van der Waals surface area contributed by atoms with Gasteiger partial charge in [-0.25, -0.2) is 9.97 Å². The van der Waals surface area contributed by atoms with Crippen LogP contribution in [0.4, 0.5) is 17.3 Å². The van der Waals surface area contributed by atoms with Gasteiger partial charge < -0.3 is 20.1 Å². The van der Waals surface area contributed by atoms with E-state index in [0.717, 1.165) is 5.69 Å². The number of nitrogens with one attached hydrogen (secondary N) is 2. The van der Waals surface area contributed by atoms with Crippen molar-refractivity contribution in [2.45, 2.75) is 6.92 Å². The van der Waals surface area contributed by atoms with Crippen LogP contribution in [0.2, 0.25) is 5.02 Å². The highest BCUT2D eigenvalue weighted by atomic mass is 35.5. The van der Waals surface area contributed by atoms with Crippen LogP contribution in [0.15, 0.2) is 48.5 Å². The Balaban J connectivity index is 1.52. The minimum atomic E-state index is -0.346. The summed E-state index contributed by atoms with van der Waals surface area (Å²) in [6.07, 6.45) is 0. The van der Waals surface area contributed by atoms with Crippen LogP contribution in [0.5, 0.6) is 11.5 Å². The number of aromatic nitrogens is 2. The Hall–Kier alpha value is -3.32. The molecule has 1 aliphatic rings. The molecule has 0 spiro atoms. The highest BCUT2D eigenvalue weighted by molar-refractivity contribution is 6.30. The molecule has 0 bridgehead atoms. The number of carbonyl (C=O) groups is 1. The van der Waals surface area contributed by atoms with E-state index in [-0.39, 0.29) is 11.6 Å². The van der Waals surface area contributed by atoms with Gasteiger partial charge in [-0.3, -0.25) is 4.79 Å². The number of ether oxygens (including phenoxy) is 2. The second-order valence-corrected chi connectivity index (χ2v) is 6.60. The lowest BCUT2D eigenvalue weighted by molar-refractivity contribution is 0.102. The summed E-state index contributed by atoms with van der Waals surface area (Å²) >= 11 is 5.90. The second kappa shape index (κ2) is 7.74. The largest absolute Gasteiger partial charge is 0.486 e. The summed E-state index contributed by atoms with van der Waals surface area (Å²) in [6, 6.07) is 14.0. The molecule has 4 rings (SSSR count). The third-order valence-corrected chi connectivity index (χ3v) is 4.24. The number of aryl methyl sites for hydroxylation is 1. The molecule has 2 aromatic carbocycles. The van der Waals surface area contributed by atoms with Gasteiger partial charge in [0.15, 0.2) is 11.5 Å². The van der Waals surface area contributed by atoms with Crippen LogP contribution >= 0.6 is 11.6 Å². The molecule has 3 aromatic rings. The average molecular weight is 397 g/mol. The Morgan fingerprint density at radius 2 is 1.68 bits per heavy atom. The Morgan fingerprint density at radius 1 is 0.964 bits per heavy atom. The van der Waals surface area contributed by atoms with E-state index in [2.05, 4.69) is 20.6 Å². The second-order valence-electron chi connectivity index (χ2n) is 6.16. The van der Waals surface area contributed by atoms with Gasteiger partial charge in [0.05, 0.1) is 0 Å². The number of amides is 1. The number of anilines is 3. The molecule has 0 fully saturated rings. The maximum absolute atomic E-state index is 12.7. The smallest absolute Gasteiger partial charge is 0.274 e. The Labute approximate surface area is 166 Å². The van der Waals surface area contributed by atoms with Gasteiger partial charge in [-0.2, -0.15) is 0 Å². The van der Waals surface area contributed by atoms with Gasteiger partial charge >= 0.3 is 0 Å². The zero-order chi connectivity index (χ0) is 19.5. The fraction of sp³-hybridized carbons (Fsp3) is 0.150. The first-order valence-electron chi connectivity index (χ1n) is 8.66. The van der Waals surface area contributed by atoms with Crippen molar-refractivity contribution in [3.63, 3.8) is 0 Å². The van der Waals surface area contributed by atoms with Crippen LogP contribution in [-0.4, -0.2) is 29.1 Å². The Morgan fingerprint density at radius 3 is 2.46 bits per heavy atom. The quantitative estimate of drug-likeness (QED) is 0.687. The van der Waals surface area contributed by atoms with Crippen molar-refractivity contribution in [1.29, 1.82) is 0 Å². The molecule has 0 unspecified atom stereocenters. The molecule has 0 saturated heterocycles. The molecular weight excluding hydrogens is 380 g/mol. The molecule has 0 saturated carbocycles. The SMILES string of the molecule is Cc1cc(C(=O)Nc2ccc3c(c2)OCCO3)nc(Nc2ccc(Cl)cc2)n1. The highest BCUT2D eigenvalue weighted by Gasteiger charge is 2.15. The van der Waals surface area contributed by atoms with Gasteiger partial charge in [0, 0.05) is 28.2 Å². The predicted molar refractivity (Wildman–Crippen MR) is 107 cm³/mol. The van der Waals surface area contributed by atoms with Crippen molar-refractivity contribution in [2.24, 2.45) is 0 Å². The molecule has 28 heavy (non-hydrogen) atoms. The van der Waals surface area contributed by atoms with Gasteiger partial charge in [-0.1, -0.05) is 11.6 Å². The van der Waals surface area contributed by atoms with Crippen LogP contribution in [0.1, 0.15) is 16.2 Å². The van der Waals surface area contributed by atoms with E-state index in [1.807, 2.05) is 12.1 Å². The summed E-state index contributed by atoms with van der Waals surface area (Å²) in [5.41, 5.74) is 2.28. The van der Waals surface area contributed by atoms with Crippen LogP contribution in [0.3, 0.4) is 0 Å². The summed E-state index contributed by atoms with van der Waals surface area (Å²) in [7, 11) is 0. The number of hydrogen-bond acceptors (Lipinski definition) is 6. The van der Waals surface area contributed by atoms with E-state index in [9.17, 15) is 4.79 Å². The maximum atomic E-state index is 12.7. The Bertz CT molecular complexity index is 1020. The third kappa shape index (κ3) is 4.15. The van der Waals surface area contributed by atoms with E-state index in [4.69, 9.17) is 21.1 Å². The first kappa shape index (κ1) is 18.1. The van der Waals surface area contributed by atoms with Gasteiger partial charge in [0.1, 0.15) is 18.9 Å². The van der Waals surface area contributed by atoms with Crippen molar-refractivity contribution in [1.82, 2.24) is 9.97 Å². The van der Waals surface area contributed by atoms with Gasteiger partial charge in [-0.05, 0) is 49.4 Å². The molecule has 8 heteroatoms. The molecule has 0 atom stereocenters. The minimum absolute atomic E-state index is 0.249. The first-order valence-corrected chi connectivity index (χ1v) is 9.04. The lowest BCUT2D eigenvalue weighted by Crippen LogP contribution is -2.17. The highest BCUT2D eigenvalue weighted by Crippen LogP contribution is 2.32. The van der Waals surface area contributed by atoms with Crippen LogP contribution in [-0.2, 0) is 0 Å². The fourth-order valence-corrected chi connectivity index (χ4v) is 2.85. The average Bonchev–Trinajstić information content (AvgIpc) is 2.69. The van der Waals surface area contributed by atoms with Gasteiger partial charge in [0.2, 0.25) is 5.95 Å². The lowest BCUT2D eigenvalue weighted by Gasteiger charge is -2.19. The van der Waals surface area contributed by atoms with E-state index in [0.29, 0.717) is 47.1 Å². The summed E-state index contributed by atoms with van der Waals surface area (Å²) in [6.45, 7) is 2.80. The topological polar surface area (TPSA) is 85.4 Å². The predicted octanol–water partition coefficient (Wildman–Crippen LogP) is 4.21. The molecule has 1 amide bonds. The van der Waals surface area contributed by atoms with E-state index < -0.39 is 0 Å². The standard InChI is InChI=1S/C20H17ClN4O3/c1-12-10-16(25-20(22-12)24-14-4-2-13(21)3-5-14)19(26)23-15-6-7-17-18(11-15)28-9-8-27-17/h2-7,10-11H,8-9H2,1H3,(H,23,26)(H,22,24,25). The summed E-state index contributed by atoms with van der Waals surface area (Å²) in [4.78, 5) is 21.3. The minimum Gasteiger partial charge on any atom is -0.486 e. The van der Waals surface area contributed by atoms with E-state index >= 15 is 0 Å². The number of rotatable bonds is 4. The molecule has 1 aliphatic heterocycles. The number of carbonyl (C=O) groups excluding carboxylic acids is 1.